The van der Waals surface area contributed by atoms with Gasteiger partial charge < -0.3 is 19.5 Å². The van der Waals surface area contributed by atoms with Crippen LogP contribution < -0.4 is 5.32 Å². The number of hydrogen-bond acceptors (Lipinski definition) is 4. The molecule has 1 saturated heterocycles. The van der Waals surface area contributed by atoms with Crippen LogP contribution >= 0.6 is 22.6 Å². The first-order valence-corrected chi connectivity index (χ1v) is 9.05. The highest BCUT2D eigenvalue weighted by molar-refractivity contribution is 14.1. The van der Waals surface area contributed by atoms with Gasteiger partial charge in [-0.2, -0.15) is 0 Å². The van der Waals surface area contributed by atoms with E-state index >= 15 is 0 Å². The lowest BCUT2D eigenvalue weighted by Crippen LogP contribution is -2.47. The van der Waals surface area contributed by atoms with Gasteiger partial charge in [-0.1, -0.05) is 22.6 Å². The molecule has 0 radical (unpaired) electrons. The van der Waals surface area contributed by atoms with Crippen LogP contribution in [0, 0.1) is 0 Å². The van der Waals surface area contributed by atoms with E-state index in [0.717, 1.165) is 23.9 Å². The van der Waals surface area contributed by atoms with Crippen molar-refractivity contribution in [3.63, 3.8) is 0 Å². The SMILES string of the molecule is CC(C)(C)OC(=O)NCC(C)(CI)OCC1CCCCO1. The Morgan fingerprint density at radius 2 is 2.05 bits per heavy atom. The van der Waals surface area contributed by atoms with Crippen molar-refractivity contribution in [2.45, 2.75) is 64.3 Å². The van der Waals surface area contributed by atoms with Gasteiger partial charge in [0.05, 0.1) is 24.9 Å². The van der Waals surface area contributed by atoms with Gasteiger partial charge in [-0.25, -0.2) is 4.79 Å². The average Bonchev–Trinajstić information content (AvgIpc) is 2.42. The van der Waals surface area contributed by atoms with Crippen molar-refractivity contribution in [1.82, 2.24) is 5.32 Å². The van der Waals surface area contributed by atoms with Crippen molar-refractivity contribution in [2.75, 3.05) is 24.2 Å². The highest BCUT2D eigenvalue weighted by Gasteiger charge is 2.28. The fourth-order valence-electron chi connectivity index (χ4n) is 1.94. The summed E-state index contributed by atoms with van der Waals surface area (Å²) < 4.78 is 17.7. The molecule has 1 aliphatic rings. The topological polar surface area (TPSA) is 56.8 Å². The number of ether oxygens (including phenoxy) is 3. The van der Waals surface area contributed by atoms with Crippen LogP contribution in [0.1, 0.15) is 47.0 Å². The van der Waals surface area contributed by atoms with Crippen molar-refractivity contribution in [1.29, 1.82) is 0 Å². The van der Waals surface area contributed by atoms with E-state index < -0.39 is 17.3 Å². The third-order valence-electron chi connectivity index (χ3n) is 3.18. The molecule has 0 saturated carbocycles. The van der Waals surface area contributed by atoms with E-state index in [1.165, 1.54) is 6.42 Å². The molecule has 6 heteroatoms. The van der Waals surface area contributed by atoms with E-state index in [1.807, 2.05) is 27.7 Å². The van der Waals surface area contributed by atoms with Crippen LogP contribution in [0.4, 0.5) is 4.79 Å². The zero-order chi connectivity index (χ0) is 15.9. The molecule has 21 heavy (non-hydrogen) atoms. The van der Waals surface area contributed by atoms with Crippen LogP contribution in [-0.2, 0) is 14.2 Å². The molecule has 1 aliphatic heterocycles. The first-order valence-electron chi connectivity index (χ1n) is 7.52. The standard InChI is InChI=1S/C15H28INO4/c1-14(2,3)21-13(18)17-11-15(4,10-16)20-9-12-7-5-6-8-19-12/h12H,5-11H2,1-4H3,(H,17,18). The largest absolute Gasteiger partial charge is 0.444 e. The van der Waals surface area contributed by atoms with Gasteiger partial charge in [-0.3, -0.25) is 0 Å². The van der Waals surface area contributed by atoms with Crippen LogP contribution in [0.2, 0.25) is 0 Å². The maximum atomic E-state index is 11.7. The van der Waals surface area contributed by atoms with Gasteiger partial charge in [0.15, 0.2) is 0 Å². The smallest absolute Gasteiger partial charge is 0.407 e. The number of hydrogen-bond donors (Lipinski definition) is 1. The molecular formula is C15H28INO4. The number of amides is 1. The van der Waals surface area contributed by atoms with Crippen LogP contribution in [0.15, 0.2) is 0 Å². The molecule has 2 unspecified atom stereocenters. The summed E-state index contributed by atoms with van der Waals surface area (Å²) in [6.45, 7) is 9.38. The minimum atomic E-state index is -0.485. The van der Waals surface area contributed by atoms with E-state index in [1.54, 1.807) is 0 Å². The monoisotopic (exact) mass is 413 g/mol. The van der Waals surface area contributed by atoms with Crippen LogP contribution in [0.5, 0.6) is 0 Å². The molecule has 124 valence electrons. The van der Waals surface area contributed by atoms with Crippen molar-refractivity contribution >= 4 is 28.7 Å². The Kier molecular flexibility index (Phi) is 7.70. The number of nitrogens with one attached hydrogen (secondary N) is 1. The van der Waals surface area contributed by atoms with E-state index in [-0.39, 0.29) is 6.10 Å². The molecule has 2 atom stereocenters. The van der Waals surface area contributed by atoms with Crippen LogP contribution in [0.25, 0.3) is 0 Å². The van der Waals surface area contributed by atoms with Crippen molar-refractivity contribution in [2.24, 2.45) is 0 Å². The van der Waals surface area contributed by atoms with Gasteiger partial charge >= 0.3 is 6.09 Å². The van der Waals surface area contributed by atoms with Gasteiger partial charge in [0, 0.05) is 11.0 Å². The molecule has 1 fully saturated rings. The average molecular weight is 413 g/mol. The minimum absolute atomic E-state index is 0.183. The maximum absolute atomic E-state index is 11.7. The highest BCUT2D eigenvalue weighted by atomic mass is 127. The van der Waals surface area contributed by atoms with Crippen LogP contribution in [0.3, 0.4) is 0 Å². The molecule has 1 N–H and O–H groups in total. The Morgan fingerprint density at radius 3 is 2.57 bits per heavy atom. The molecule has 1 amide bonds. The molecule has 1 rings (SSSR count). The summed E-state index contributed by atoms with van der Waals surface area (Å²) in [6.07, 6.45) is 3.17. The maximum Gasteiger partial charge on any atom is 0.407 e. The van der Waals surface area contributed by atoms with E-state index in [2.05, 4.69) is 27.9 Å². The van der Waals surface area contributed by atoms with Gasteiger partial charge in [-0.15, -0.1) is 0 Å². The molecule has 0 spiro atoms. The van der Waals surface area contributed by atoms with Gasteiger partial charge in [0.25, 0.3) is 0 Å². The molecule has 0 bridgehead atoms. The summed E-state index contributed by atoms with van der Waals surface area (Å²) in [6, 6.07) is 0. The zero-order valence-corrected chi connectivity index (χ0v) is 15.7. The van der Waals surface area contributed by atoms with E-state index in [0.29, 0.717) is 13.2 Å². The van der Waals surface area contributed by atoms with Gasteiger partial charge in [-0.05, 0) is 47.0 Å². The quantitative estimate of drug-likeness (QED) is 0.537. The number of rotatable bonds is 6. The van der Waals surface area contributed by atoms with Crippen molar-refractivity contribution < 1.29 is 19.0 Å². The van der Waals surface area contributed by atoms with Gasteiger partial charge in [0.1, 0.15) is 5.60 Å². The van der Waals surface area contributed by atoms with Crippen molar-refractivity contribution in [3.8, 4) is 0 Å². The highest BCUT2D eigenvalue weighted by Crippen LogP contribution is 2.18. The Balaban J connectivity index is 2.34. The fourth-order valence-corrected chi connectivity index (χ4v) is 2.43. The predicted octanol–water partition coefficient (Wildman–Crippen LogP) is 3.29. The van der Waals surface area contributed by atoms with E-state index in [9.17, 15) is 4.79 Å². The fraction of sp³-hybridized carbons (Fsp3) is 0.933. The first-order chi connectivity index (χ1) is 9.74. The summed E-state index contributed by atoms with van der Waals surface area (Å²) in [5.74, 6) is 0. The molecule has 0 aromatic rings. The molecule has 0 aliphatic carbocycles. The Morgan fingerprint density at radius 1 is 1.33 bits per heavy atom. The van der Waals surface area contributed by atoms with Crippen LogP contribution in [-0.4, -0.2) is 47.6 Å². The number of carbonyl (C=O) groups excluding carboxylic acids is 1. The Bertz CT molecular complexity index is 326. The third-order valence-corrected chi connectivity index (χ3v) is 4.79. The van der Waals surface area contributed by atoms with Gasteiger partial charge in [0.2, 0.25) is 0 Å². The third kappa shape index (κ3) is 8.21. The van der Waals surface area contributed by atoms with E-state index in [4.69, 9.17) is 14.2 Å². The first kappa shape index (κ1) is 19.0. The second-order valence-corrected chi connectivity index (χ2v) is 7.50. The lowest BCUT2D eigenvalue weighted by Gasteiger charge is -2.32. The summed E-state index contributed by atoms with van der Waals surface area (Å²) in [4.78, 5) is 11.7. The minimum Gasteiger partial charge on any atom is -0.444 e. The predicted molar refractivity (Wildman–Crippen MR) is 91.1 cm³/mol. The number of carbonyl (C=O) groups is 1. The second-order valence-electron chi connectivity index (χ2n) is 6.74. The summed E-state index contributed by atoms with van der Waals surface area (Å²) in [7, 11) is 0. The Hall–Kier alpha value is -0.0800. The van der Waals surface area contributed by atoms with Crippen molar-refractivity contribution in [3.05, 3.63) is 0 Å². The number of alkyl carbamates (subject to hydrolysis) is 1. The summed E-state index contributed by atoms with van der Waals surface area (Å²) in [5.41, 5.74) is -0.889. The zero-order valence-electron chi connectivity index (χ0n) is 13.5. The number of halogens is 1. The summed E-state index contributed by atoms with van der Waals surface area (Å²) >= 11 is 2.28. The summed E-state index contributed by atoms with van der Waals surface area (Å²) in [5, 5.41) is 2.79. The molecule has 5 nitrogen and oxygen atoms in total. The Labute approximate surface area is 141 Å². The molecular weight excluding hydrogens is 385 g/mol. The second kappa shape index (κ2) is 8.53. The lowest BCUT2D eigenvalue weighted by atomic mass is 10.1. The molecule has 0 aromatic carbocycles. The molecule has 0 aromatic heterocycles. The number of alkyl halides is 1. The normalized spacial score (nSPS) is 22.4. The lowest BCUT2D eigenvalue weighted by molar-refractivity contribution is -0.0890. The molecule has 1 heterocycles.